The predicted octanol–water partition coefficient (Wildman–Crippen LogP) is 4.79. The van der Waals surface area contributed by atoms with Crippen molar-refractivity contribution in [3.63, 3.8) is 0 Å². The third-order valence-corrected chi connectivity index (χ3v) is 8.67. The lowest BCUT2D eigenvalue weighted by Gasteiger charge is -2.26. The Morgan fingerprint density at radius 1 is 1.08 bits per heavy atom. The van der Waals surface area contributed by atoms with Crippen LogP contribution in [0.3, 0.4) is 0 Å². The quantitative estimate of drug-likeness (QED) is 0.273. The third-order valence-electron chi connectivity index (χ3n) is 6.82. The van der Waals surface area contributed by atoms with Crippen molar-refractivity contribution in [2.24, 2.45) is 5.73 Å². The molecule has 0 spiro atoms. The SMILES string of the molecule is CCc1cc(-c2ncc(NS(=O)(=O)c3ccccc3Cl)nc2OC)cc2cnc(N[C@H]3CC[C@H](N)CC3)nc12. The van der Waals surface area contributed by atoms with Gasteiger partial charge in [0.2, 0.25) is 11.8 Å². The summed E-state index contributed by atoms with van der Waals surface area (Å²) >= 11 is 6.08. The molecule has 10 nitrogen and oxygen atoms in total. The van der Waals surface area contributed by atoms with Gasteiger partial charge in [-0.2, -0.15) is 4.98 Å². The second kappa shape index (κ2) is 11.3. The number of fused-ring (bicyclic) bond motifs is 1. The Morgan fingerprint density at radius 2 is 1.85 bits per heavy atom. The summed E-state index contributed by atoms with van der Waals surface area (Å²) in [6.07, 6.45) is 7.90. The molecular formula is C27H30ClN7O3S. The minimum absolute atomic E-state index is 0.00902. The molecule has 0 bridgehead atoms. The van der Waals surface area contributed by atoms with Crippen molar-refractivity contribution in [3.05, 3.63) is 59.4 Å². The van der Waals surface area contributed by atoms with Crippen LogP contribution in [0.2, 0.25) is 5.02 Å². The minimum atomic E-state index is -3.97. The number of hydrogen-bond acceptors (Lipinski definition) is 9. The molecule has 2 aromatic heterocycles. The lowest BCUT2D eigenvalue weighted by atomic mass is 9.92. The van der Waals surface area contributed by atoms with Crippen molar-refractivity contribution in [2.45, 2.75) is 56.0 Å². The Morgan fingerprint density at radius 3 is 2.56 bits per heavy atom. The summed E-state index contributed by atoms with van der Waals surface area (Å²) in [5.74, 6) is 0.790. The molecule has 4 N–H and O–H groups in total. The fourth-order valence-corrected chi connectivity index (χ4v) is 6.26. The highest BCUT2D eigenvalue weighted by molar-refractivity contribution is 7.92. The number of benzene rings is 2. The summed E-state index contributed by atoms with van der Waals surface area (Å²) in [5, 5.41) is 4.42. The Bertz CT molecular complexity index is 1610. The van der Waals surface area contributed by atoms with Gasteiger partial charge >= 0.3 is 0 Å². The van der Waals surface area contributed by atoms with E-state index < -0.39 is 10.0 Å². The van der Waals surface area contributed by atoms with Crippen molar-refractivity contribution in [2.75, 3.05) is 17.1 Å². The van der Waals surface area contributed by atoms with Gasteiger partial charge in [-0.15, -0.1) is 0 Å². The molecule has 0 radical (unpaired) electrons. The summed E-state index contributed by atoms with van der Waals surface area (Å²) in [6, 6.07) is 10.7. The topological polar surface area (TPSA) is 145 Å². The van der Waals surface area contributed by atoms with Gasteiger partial charge in [0.1, 0.15) is 10.6 Å². The van der Waals surface area contributed by atoms with Crippen LogP contribution in [-0.2, 0) is 16.4 Å². The van der Waals surface area contributed by atoms with Crippen LogP contribution in [0.15, 0.2) is 53.7 Å². The zero-order valence-electron chi connectivity index (χ0n) is 21.7. The van der Waals surface area contributed by atoms with E-state index in [1.165, 1.54) is 25.4 Å². The zero-order chi connectivity index (χ0) is 27.6. The van der Waals surface area contributed by atoms with E-state index in [-0.39, 0.29) is 27.7 Å². The van der Waals surface area contributed by atoms with E-state index in [1.54, 1.807) is 18.3 Å². The van der Waals surface area contributed by atoms with E-state index in [2.05, 4.69) is 31.9 Å². The first-order valence-electron chi connectivity index (χ1n) is 12.8. The Labute approximate surface area is 232 Å². The van der Waals surface area contributed by atoms with Crippen LogP contribution in [0.1, 0.15) is 38.2 Å². The third kappa shape index (κ3) is 5.90. The lowest BCUT2D eigenvalue weighted by molar-refractivity contribution is 0.398. The molecule has 0 unspecified atom stereocenters. The molecule has 0 amide bonds. The highest BCUT2D eigenvalue weighted by atomic mass is 35.5. The van der Waals surface area contributed by atoms with Gasteiger partial charge in [0.15, 0.2) is 5.82 Å². The smallest absolute Gasteiger partial charge is 0.264 e. The van der Waals surface area contributed by atoms with Crippen LogP contribution < -0.4 is 20.5 Å². The summed E-state index contributed by atoms with van der Waals surface area (Å²) in [4.78, 5) is 18.2. The molecule has 1 aliphatic carbocycles. The first-order chi connectivity index (χ1) is 18.8. The molecule has 4 aromatic rings. The second-order valence-electron chi connectivity index (χ2n) is 9.53. The fourth-order valence-electron chi connectivity index (χ4n) is 4.76. The number of sulfonamides is 1. The molecule has 1 saturated carbocycles. The van der Waals surface area contributed by atoms with Crippen molar-refractivity contribution < 1.29 is 13.2 Å². The predicted molar refractivity (Wildman–Crippen MR) is 153 cm³/mol. The van der Waals surface area contributed by atoms with Gasteiger partial charge in [-0.1, -0.05) is 30.7 Å². The molecule has 5 rings (SSSR count). The van der Waals surface area contributed by atoms with E-state index >= 15 is 0 Å². The standard InChI is InChI=1S/C27H30ClN7O3S/c1-3-16-12-17(13-18-14-31-27(34-24(16)18)32-20-10-8-19(29)9-11-20)25-26(38-2)33-23(15-30-25)35-39(36,37)22-7-5-4-6-21(22)28/h4-7,12-15,19-20H,3,8-11,29H2,1-2H3,(H,33,35)(H,31,32,34)/t19-,20-. The number of nitrogens with one attached hydrogen (secondary N) is 2. The maximum Gasteiger partial charge on any atom is 0.264 e. The van der Waals surface area contributed by atoms with E-state index in [4.69, 9.17) is 27.1 Å². The lowest BCUT2D eigenvalue weighted by Crippen LogP contribution is -2.33. The molecule has 0 atom stereocenters. The summed E-state index contributed by atoms with van der Waals surface area (Å²) < 4.78 is 33.6. The highest BCUT2D eigenvalue weighted by Gasteiger charge is 2.22. The average molecular weight is 568 g/mol. The zero-order valence-corrected chi connectivity index (χ0v) is 23.3. The van der Waals surface area contributed by atoms with Gasteiger partial charge in [-0.05, 0) is 61.9 Å². The first kappa shape index (κ1) is 27.0. The van der Waals surface area contributed by atoms with Crippen LogP contribution >= 0.6 is 11.6 Å². The van der Waals surface area contributed by atoms with E-state index in [0.29, 0.717) is 17.7 Å². The summed E-state index contributed by atoms with van der Waals surface area (Å²) in [6.45, 7) is 2.06. The molecule has 0 saturated heterocycles. The highest BCUT2D eigenvalue weighted by Crippen LogP contribution is 2.33. The molecular weight excluding hydrogens is 538 g/mol. The summed E-state index contributed by atoms with van der Waals surface area (Å²) in [5.41, 5.74) is 9.15. The Balaban J connectivity index is 1.44. The number of anilines is 2. The molecule has 204 valence electrons. The van der Waals surface area contributed by atoms with Gasteiger partial charge < -0.3 is 15.8 Å². The second-order valence-corrected chi connectivity index (χ2v) is 11.6. The molecule has 12 heteroatoms. The molecule has 39 heavy (non-hydrogen) atoms. The van der Waals surface area contributed by atoms with E-state index in [9.17, 15) is 8.42 Å². The minimum Gasteiger partial charge on any atom is -0.479 e. The number of rotatable bonds is 8. The Hall–Kier alpha value is -3.54. The van der Waals surface area contributed by atoms with Gasteiger partial charge in [0.25, 0.3) is 10.0 Å². The molecule has 0 aliphatic heterocycles. The fraction of sp³-hybridized carbons (Fsp3) is 0.333. The number of nitrogens with two attached hydrogens (primary N) is 1. The van der Waals surface area contributed by atoms with E-state index in [0.717, 1.165) is 54.1 Å². The first-order valence-corrected chi connectivity index (χ1v) is 14.6. The Kier molecular flexibility index (Phi) is 7.83. The van der Waals surface area contributed by atoms with Gasteiger partial charge in [-0.25, -0.2) is 23.4 Å². The number of aromatic nitrogens is 4. The number of ether oxygens (including phenoxy) is 1. The van der Waals surface area contributed by atoms with Crippen LogP contribution in [0.5, 0.6) is 5.88 Å². The maximum absolute atomic E-state index is 12.8. The van der Waals surface area contributed by atoms with Gasteiger partial charge in [0, 0.05) is 29.2 Å². The maximum atomic E-state index is 12.8. The van der Waals surface area contributed by atoms with Crippen LogP contribution in [0.4, 0.5) is 11.8 Å². The number of aryl methyl sites for hydroxylation is 1. The van der Waals surface area contributed by atoms with Gasteiger partial charge in [0.05, 0.1) is 23.8 Å². The van der Waals surface area contributed by atoms with Crippen molar-refractivity contribution in [1.82, 2.24) is 19.9 Å². The number of methoxy groups -OCH3 is 1. The van der Waals surface area contributed by atoms with Crippen LogP contribution in [0.25, 0.3) is 22.2 Å². The molecule has 2 heterocycles. The average Bonchev–Trinajstić information content (AvgIpc) is 2.93. The normalized spacial score (nSPS) is 17.6. The monoisotopic (exact) mass is 567 g/mol. The van der Waals surface area contributed by atoms with Crippen LogP contribution in [-0.4, -0.2) is 47.5 Å². The largest absolute Gasteiger partial charge is 0.479 e. The molecule has 2 aromatic carbocycles. The van der Waals surface area contributed by atoms with Gasteiger partial charge in [-0.3, -0.25) is 4.72 Å². The number of nitrogens with zero attached hydrogens (tertiary/aromatic N) is 4. The molecule has 1 aliphatic rings. The number of hydrogen-bond donors (Lipinski definition) is 3. The summed E-state index contributed by atoms with van der Waals surface area (Å²) in [7, 11) is -2.51. The molecule has 1 fully saturated rings. The van der Waals surface area contributed by atoms with E-state index in [1.807, 2.05) is 12.1 Å². The number of halogens is 1. The van der Waals surface area contributed by atoms with Crippen molar-refractivity contribution in [3.8, 4) is 17.1 Å². The van der Waals surface area contributed by atoms with Crippen molar-refractivity contribution in [1.29, 1.82) is 0 Å². The van der Waals surface area contributed by atoms with Crippen molar-refractivity contribution >= 4 is 44.3 Å². The van der Waals surface area contributed by atoms with Crippen LogP contribution in [0, 0.1) is 0 Å².